The average Bonchev–Trinajstić information content (AvgIpc) is 2.66. The van der Waals surface area contributed by atoms with E-state index < -0.39 is 29.3 Å². The monoisotopic (exact) mass is 391 g/mol. The Hall–Kier alpha value is -2.87. The average molecular weight is 391 g/mol. The fourth-order valence-electron chi connectivity index (χ4n) is 3.36. The van der Waals surface area contributed by atoms with Gasteiger partial charge in [0.2, 0.25) is 5.91 Å². The molecule has 2 aromatic rings. The van der Waals surface area contributed by atoms with Crippen molar-refractivity contribution in [2.24, 2.45) is 0 Å². The quantitative estimate of drug-likeness (QED) is 0.751. The topological polar surface area (TPSA) is 70.2 Å². The van der Waals surface area contributed by atoms with Crippen LogP contribution in [0, 0.1) is 17.5 Å². The highest BCUT2D eigenvalue weighted by Crippen LogP contribution is 2.27. The minimum Gasteiger partial charge on any atom is -0.347 e. The molecular weight excluding hydrogens is 371 g/mol. The first-order valence-corrected chi connectivity index (χ1v) is 8.89. The molecule has 3 N–H and O–H groups in total. The van der Waals surface area contributed by atoms with Crippen LogP contribution in [-0.4, -0.2) is 30.9 Å². The number of hydrogen-bond donors (Lipinski definition) is 3. The van der Waals surface area contributed by atoms with Gasteiger partial charge in [0.15, 0.2) is 11.6 Å². The Labute approximate surface area is 160 Å². The van der Waals surface area contributed by atoms with E-state index in [1.54, 1.807) is 0 Å². The zero-order valence-electron chi connectivity index (χ0n) is 15.2. The molecule has 2 aromatic carbocycles. The van der Waals surface area contributed by atoms with Crippen LogP contribution in [0.3, 0.4) is 0 Å². The first-order valence-electron chi connectivity index (χ1n) is 8.89. The van der Waals surface area contributed by atoms with Crippen LogP contribution in [0.1, 0.15) is 35.2 Å². The molecule has 1 fully saturated rings. The summed E-state index contributed by atoms with van der Waals surface area (Å²) in [7, 11) is 0. The maximum absolute atomic E-state index is 13.8. The first kappa shape index (κ1) is 19.9. The van der Waals surface area contributed by atoms with Gasteiger partial charge >= 0.3 is 0 Å². The second-order valence-electron chi connectivity index (χ2n) is 6.73. The molecule has 3 rings (SSSR count). The first-order chi connectivity index (χ1) is 13.3. The van der Waals surface area contributed by atoms with Crippen LogP contribution >= 0.6 is 0 Å². The molecule has 1 heterocycles. The predicted octanol–water partition coefficient (Wildman–Crippen LogP) is 2.94. The molecular formula is C20H20F3N3O2. The van der Waals surface area contributed by atoms with Gasteiger partial charge in [-0.1, -0.05) is 6.07 Å². The maximum Gasteiger partial charge on any atom is 0.251 e. The molecule has 2 amide bonds. The van der Waals surface area contributed by atoms with Crippen LogP contribution in [-0.2, 0) is 4.79 Å². The molecule has 0 aliphatic carbocycles. The van der Waals surface area contributed by atoms with Crippen LogP contribution in [0.2, 0.25) is 0 Å². The summed E-state index contributed by atoms with van der Waals surface area (Å²) < 4.78 is 40.6. The third kappa shape index (κ3) is 4.51. The summed E-state index contributed by atoms with van der Waals surface area (Å²) in [6.07, 6.45) is 0.635. The smallest absolute Gasteiger partial charge is 0.251 e. The number of piperidine rings is 1. The third-order valence-electron chi connectivity index (χ3n) is 4.71. The van der Waals surface area contributed by atoms with Crippen LogP contribution in [0.25, 0.3) is 0 Å². The fraction of sp³-hybridized carbons (Fsp3) is 0.300. The molecule has 2 atom stereocenters. The van der Waals surface area contributed by atoms with Crippen LogP contribution in [0.15, 0.2) is 36.4 Å². The molecule has 148 valence electrons. The van der Waals surface area contributed by atoms with Crippen molar-refractivity contribution in [2.75, 3.05) is 18.4 Å². The van der Waals surface area contributed by atoms with Gasteiger partial charge in [0.25, 0.3) is 5.91 Å². The van der Waals surface area contributed by atoms with Crippen molar-refractivity contribution in [1.29, 1.82) is 0 Å². The van der Waals surface area contributed by atoms with Gasteiger partial charge in [-0.3, -0.25) is 9.59 Å². The standard InChI is InChI=1S/C20H20F3N3O2/c1-11(27)25-18-9-13(3-5-16(18)22)20(28)26-19-10-24-7-6-14(19)12-2-4-15(21)17(23)8-12/h2-5,8-9,14,19,24H,6-7,10H2,1H3,(H,25,27)(H,26,28). The van der Waals surface area contributed by atoms with Crippen LogP contribution in [0.4, 0.5) is 18.9 Å². The molecule has 0 radical (unpaired) electrons. The highest BCUT2D eigenvalue weighted by molar-refractivity contribution is 5.97. The lowest BCUT2D eigenvalue weighted by atomic mass is 9.85. The highest BCUT2D eigenvalue weighted by atomic mass is 19.2. The van der Waals surface area contributed by atoms with Gasteiger partial charge < -0.3 is 16.0 Å². The van der Waals surface area contributed by atoms with Crippen molar-refractivity contribution >= 4 is 17.5 Å². The number of hydrogen-bond acceptors (Lipinski definition) is 3. The van der Waals surface area contributed by atoms with E-state index in [0.717, 1.165) is 18.2 Å². The van der Waals surface area contributed by atoms with Crippen LogP contribution < -0.4 is 16.0 Å². The van der Waals surface area contributed by atoms with Gasteiger partial charge in [0.05, 0.1) is 5.69 Å². The Bertz CT molecular complexity index is 904. The summed E-state index contributed by atoms with van der Waals surface area (Å²) >= 11 is 0. The van der Waals surface area contributed by atoms with Gasteiger partial charge in [-0.15, -0.1) is 0 Å². The molecule has 0 spiro atoms. The summed E-state index contributed by atoms with van der Waals surface area (Å²) in [5.41, 5.74) is 0.697. The van der Waals surface area contributed by atoms with Gasteiger partial charge in [-0.05, 0) is 48.9 Å². The van der Waals surface area contributed by atoms with Crippen molar-refractivity contribution in [3.8, 4) is 0 Å². The number of carbonyl (C=O) groups excluding carboxylic acids is 2. The molecule has 2 unspecified atom stereocenters. The minimum absolute atomic E-state index is 0.0842. The molecule has 5 nitrogen and oxygen atoms in total. The highest BCUT2D eigenvalue weighted by Gasteiger charge is 2.29. The summed E-state index contributed by atoms with van der Waals surface area (Å²) in [4.78, 5) is 23.8. The number of nitrogens with one attached hydrogen (secondary N) is 3. The molecule has 1 aliphatic rings. The van der Waals surface area contributed by atoms with Crippen molar-refractivity contribution in [3.63, 3.8) is 0 Å². The van der Waals surface area contributed by atoms with Crippen molar-refractivity contribution < 1.29 is 22.8 Å². The largest absolute Gasteiger partial charge is 0.347 e. The van der Waals surface area contributed by atoms with E-state index in [9.17, 15) is 22.8 Å². The van der Waals surface area contributed by atoms with Crippen molar-refractivity contribution in [1.82, 2.24) is 10.6 Å². The van der Waals surface area contributed by atoms with Crippen molar-refractivity contribution in [3.05, 3.63) is 65.0 Å². The predicted molar refractivity (Wildman–Crippen MR) is 98.5 cm³/mol. The van der Waals surface area contributed by atoms with Gasteiger partial charge in [0.1, 0.15) is 5.82 Å². The van der Waals surface area contributed by atoms with Crippen molar-refractivity contribution in [2.45, 2.75) is 25.3 Å². The van der Waals surface area contributed by atoms with Crippen LogP contribution in [0.5, 0.6) is 0 Å². The molecule has 0 aromatic heterocycles. The lowest BCUT2D eigenvalue weighted by molar-refractivity contribution is -0.114. The van der Waals surface area contributed by atoms with Gasteiger partial charge in [-0.2, -0.15) is 0 Å². The molecule has 1 aliphatic heterocycles. The molecule has 0 saturated carbocycles. The summed E-state index contributed by atoms with van der Waals surface area (Å²) in [6.45, 7) is 2.38. The Balaban J connectivity index is 1.79. The number of halogens is 3. The Morgan fingerprint density at radius 2 is 1.79 bits per heavy atom. The zero-order chi connectivity index (χ0) is 20.3. The molecule has 1 saturated heterocycles. The van der Waals surface area contributed by atoms with E-state index >= 15 is 0 Å². The number of benzene rings is 2. The molecule has 8 heteroatoms. The minimum atomic E-state index is -0.931. The van der Waals surface area contributed by atoms with E-state index in [2.05, 4.69) is 16.0 Å². The lowest BCUT2D eigenvalue weighted by Gasteiger charge is -2.33. The lowest BCUT2D eigenvalue weighted by Crippen LogP contribution is -2.50. The van der Waals surface area contributed by atoms with E-state index in [1.165, 1.54) is 25.1 Å². The SMILES string of the molecule is CC(=O)Nc1cc(C(=O)NC2CNCCC2c2ccc(F)c(F)c2)ccc1F. The van der Waals surface area contributed by atoms with E-state index in [0.29, 0.717) is 25.1 Å². The fourth-order valence-corrected chi connectivity index (χ4v) is 3.36. The number of amides is 2. The second-order valence-corrected chi connectivity index (χ2v) is 6.73. The second kappa shape index (κ2) is 8.43. The van der Waals surface area contributed by atoms with E-state index in [-0.39, 0.29) is 23.2 Å². The molecule has 28 heavy (non-hydrogen) atoms. The zero-order valence-corrected chi connectivity index (χ0v) is 15.2. The Kier molecular flexibility index (Phi) is 5.99. The number of rotatable bonds is 4. The normalized spacial score (nSPS) is 19.1. The van der Waals surface area contributed by atoms with E-state index in [4.69, 9.17) is 0 Å². The van der Waals surface area contributed by atoms with Gasteiger partial charge in [0, 0.05) is 31.0 Å². The summed E-state index contributed by atoms with van der Waals surface area (Å²) in [6, 6.07) is 7.06. The number of anilines is 1. The number of carbonyl (C=O) groups is 2. The Morgan fingerprint density at radius 3 is 2.50 bits per heavy atom. The third-order valence-corrected chi connectivity index (χ3v) is 4.71. The summed E-state index contributed by atoms with van der Waals surface area (Å²) in [5.74, 6) is -3.60. The maximum atomic E-state index is 13.8. The molecule has 0 bridgehead atoms. The van der Waals surface area contributed by atoms with Gasteiger partial charge in [-0.25, -0.2) is 13.2 Å². The Morgan fingerprint density at radius 1 is 1.04 bits per heavy atom. The van der Waals surface area contributed by atoms with E-state index in [1.807, 2.05) is 0 Å². The summed E-state index contributed by atoms with van der Waals surface area (Å²) in [5, 5.41) is 8.36.